The van der Waals surface area contributed by atoms with Crippen molar-refractivity contribution in [2.75, 3.05) is 13.1 Å². The van der Waals surface area contributed by atoms with Gasteiger partial charge in [0.05, 0.1) is 6.26 Å². The van der Waals surface area contributed by atoms with Crippen LogP contribution < -0.4 is 10.6 Å². The molecule has 1 aromatic rings. The molecule has 1 atom stereocenters. The van der Waals surface area contributed by atoms with Crippen molar-refractivity contribution >= 4 is 6.41 Å². The number of rotatable bonds is 8. The van der Waals surface area contributed by atoms with Gasteiger partial charge >= 0.3 is 0 Å². The fourth-order valence-corrected chi connectivity index (χ4v) is 4.08. The predicted molar refractivity (Wildman–Crippen MR) is 142 cm³/mol. The van der Waals surface area contributed by atoms with Crippen molar-refractivity contribution in [3.8, 4) is 0 Å². The van der Waals surface area contributed by atoms with Gasteiger partial charge in [-0.1, -0.05) is 74.2 Å². The zero-order valence-electron chi connectivity index (χ0n) is 20.7. The molecule has 3 rings (SSSR count). The van der Waals surface area contributed by atoms with E-state index in [0.717, 1.165) is 50.7 Å². The molecule has 1 aromatic carbocycles. The molecule has 2 heterocycles. The molecular weight excluding hydrogens is 422 g/mol. The second-order valence-electron chi connectivity index (χ2n) is 8.64. The van der Waals surface area contributed by atoms with Crippen molar-refractivity contribution < 1.29 is 9.90 Å². The van der Waals surface area contributed by atoms with Crippen molar-refractivity contribution in [2.24, 2.45) is 5.92 Å². The summed E-state index contributed by atoms with van der Waals surface area (Å²) < 4.78 is 0. The quantitative estimate of drug-likeness (QED) is 0.270. The Labute approximate surface area is 204 Å². The fraction of sp³-hybridized carbons (Fsp3) is 0.345. The van der Waals surface area contributed by atoms with E-state index in [9.17, 15) is 4.79 Å². The van der Waals surface area contributed by atoms with Gasteiger partial charge in [0.2, 0.25) is 6.41 Å². The number of carbonyl (C=O) groups is 1. The minimum atomic E-state index is 0.379. The largest absolute Gasteiger partial charge is 0.516 e. The Bertz CT molecular complexity index is 933. The summed E-state index contributed by atoms with van der Waals surface area (Å²) in [4.78, 5) is 12.8. The molecule has 5 heteroatoms. The highest BCUT2D eigenvalue weighted by Crippen LogP contribution is 2.30. The maximum Gasteiger partial charge on any atom is 0.207 e. The molecule has 2 aliphatic rings. The van der Waals surface area contributed by atoms with E-state index in [1.807, 2.05) is 30.4 Å². The third-order valence-corrected chi connectivity index (χ3v) is 6.33. The number of nitrogens with zero attached hydrogens (tertiary/aromatic N) is 1. The van der Waals surface area contributed by atoms with Gasteiger partial charge in [-0.25, -0.2) is 0 Å². The summed E-state index contributed by atoms with van der Waals surface area (Å²) in [5.41, 5.74) is 6.22. The Morgan fingerprint density at radius 3 is 2.38 bits per heavy atom. The lowest BCUT2D eigenvalue weighted by Crippen LogP contribution is -2.41. The Kier molecular flexibility index (Phi) is 11.7. The molecule has 0 radical (unpaired) electrons. The minimum Gasteiger partial charge on any atom is -0.516 e. The van der Waals surface area contributed by atoms with Gasteiger partial charge in [-0.15, -0.1) is 0 Å². The van der Waals surface area contributed by atoms with Gasteiger partial charge < -0.3 is 15.7 Å². The molecule has 0 spiro atoms. The third kappa shape index (κ3) is 8.56. The van der Waals surface area contributed by atoms with Crippen molar-refractivity contribution in [1.82, 2.24) is 15.5 Å². The summed E-state index contributed by atoms with van der Waals surface area (Å²) in [5.74, 6) is 0.386. The molecule has 182 valence electrons. The zero-order valence-corrected chi connectivity index (χ0v) is 20.7. The number of hydrogen-bond acceptors (Lipinski definition) is 4. The highest BCUT2D eigenvalue weighted by molar-refractivity contribution is 5.46. The van der Waals surface area contributed by atoms with Crippen LogP contribution in [-0.4, -0.2) is 35.5 Å². The van der Waals surface area contributed by atoms with Crippen LogP contribution in [0.1, 0.15) is 39.2 Å². The van der Waals surface area contributed by atoms with Crippen LogP contribution in [0.2, 0.25) is 0 Å². The number of amides is 1. The topological polar surface area (TPSA) is 64.6 Å². The lowest BCUT2D eigenvalue weighted by molar-refractivity contribution is -0.110. The number of nitrogens with one attached hydrogen (secondary N) is 2. The van der Waals surface area contributed by atoms with E-state index in [-0.39, 0.29) is 0 Å². The van der Waals surface area contributed by atoms with Crippen LogP contribution in [0, 0.1) is 5.92 Å². The molecule has 3 N–H and O–H groups in total. The molecule has 0 aromatic heterocycles. The molecule has 1 unspecified atom stereocenters. The first-order valence-corrected chi connectivity index (χ1v) is 11.9. The highest BCUT2D eigenvalue weighted by atomic mass is 16.2. The number of hydrogen-bond donors (Lipinski definition) is 3. The normalized spacial score (nSPS) is 21.0. The van der Waals surface area contributed by atoms with E-state index in [2.05, 4.69) is 67.1 Å². The first kappa shape index (κ1) is 26.9. The Hall–Kier alpha value is -3.31. The van der Waals surface area contributed by atoms with Crippen LogP contribution in [0.15, 0.2) is 102 Å². The van der Waals surface area contributed by atoms with E-state index >= 15 is 0 Å². The summed E-state index contributed by atoms with van der Waals surface area (Å²) in [5, 5.41) is 14.9. The molecule has 1 fully saturated rings. The summed E-state index contributed by atoms with van der Waals surface area (Å²) in [7, 11) is 0. The number of aliphatic hydroxyl groups excluding tert-OH is 1. The number of allylic oxidation sites excluding steroid dienone is 9. The first-order valence-electron chi connectivity index (χ1n) is 11.9. The maximum atomic E-state index is 10.3. The van der Waals surface area contributed by atoms with Gasteiger partial charge in [0, 0.05) is 43.0 Å². The maximum absolute atomic E-state index is 10.3. The van der Waals surface area contributed by atoms with E-state index in [1.165, 1.54) is 22.5 Å². The van der Waals surface area contributed by atoms with Crippen molar-refractivity contribution in [3.63, 3.8) is 0 Å². The third-order valence-electron chi connectivity index (χ3n) is 6.33. The molecule has 0 saturated carbocycles. The summed E-state index contributed by atoms with van der Waals surface area (Å²) >= 11 is 0. The SMILES string of the molecule is C=C\C=C/C(/C=C/C=C\O)=C1/NC(C)=C(C)C1C.O=CNC1CCN(Cc2ccccc2)CC1. The number of likely N-dealkylation sites (tertiary alicyclic amines) is 1. The van der Waals surface area contributed by atoms with Gasteiger partial charge in [-0.3, -0.25) is 9.69 Å². The molecule has 0 bridgehead atoms. The van der Waals surface area contributed by atoms with Gasteiger partial charge in [-0.05, 0) is 49.5 Å². The smallest absolute Gasteiger partial charge is 0.207 e. The number of benzene rings is 1. The molecule has 1 amide bonds. The second kappa shape index (κ2) is 14.8. The lowest BCUT2D eigenvalue weighted by atomic mass is 9.98. The number of piperidine rings is 1. The van der Waals surface area contributed by atoms with Crippen molar-refractivity contribution in [2.45, 2.75) is 46.2 Å². The first-order chi connectivity index (χ1) is 16.5. The number of aliphatic hydroxyl groups is 1. The monoisotopic (exact) mass is 461 g/mol. The van der Waals surface area contributed by atoms with E-state index in [1.54, 1.807) is 12.2 Å². The predicted octanol–water partition coefficient (Wildman–Crippen LogP) is 5.54. The standard InChI is InChI=1S/C16H21NO.C13H18N2O/c1-5-6-9-15(10-7-8-11-18)16-13(3)12(2)14(4)17-16;16-11-14-13-6-8-15(9-7-13)10-12-4-2-1-3-5-12/h5-11,13,17-18H,1H2,2-4H3;1-5,11,13H,6-10H2,(H,14,16)/b9-6-,10-7+,11-8-,16-15-;. The fourth-order valence-electron chi connectivity index (χ4n) is 4.08. The highest BCUT2D eigenvalue weighted by Gasteiger charge is 2.22. The Morgan fingerprint density at radius 2 is 1.82 bits per heavy atom. The van der Waals surface area contributed by atoms with Crippen LogP contribution in [0.25, 0.3) is 0 Å². The van der Waals surface area contributed by atoms with Crippen LogP contribution in [0.4, 0.5) is 0 Å². The summed E-state index contributed by atoms with van der Waals surface area (Å²) in [6.45, 7) is 13.3. The van der Waals surface area contributed by atoms with E-state index < -0.39 is 0 Å². The van der Waals surface area contributed by atoms with Gasteiger partial charge in [0.15, 0.2) is 0 Å². The van der Waals surface area contributed by atoms with Gasteiger partial charge in [0.25, 0.3) is 0 Å². The molecule has 0 aliphatic carbocycles. The minimum absolute atomic E-state index is 0.379. The number of carbonyl (C=O) groups excluding carboxylic acids is 1. The molecule has 34 heavy (non-hydrogen) atoms. The second-order valence-corrected chi connectivity index (χ2v) is 8.64. The van der Waals surface area contributed by atoms with E-state index in [0.29, 0.717) is 12.0 Å². The molecule has 2 aliphatic heterocycles. The Morgan fingerprint density at radius 1 is 1.15 bits per heavy atom. The Balaban J connectivity index is 0.000000241. The van der Waals surface area contributed by atoms with Gasteiger partial charge in [-0.2, -0.15) is 0 Å². The van der Waals surface area contributed by atoms with Crippen LogP contribution in [0.5, 0.6) is 0 Å². The average molecular weight is 462 g/mol. The molecular formula is C29H39N3O2. The van der Waals surface area contributed by atoms with Crippen LogP contribution in [0.3, 0.4) is 0 Å². The van der Waals surface area contributed by atoms with Crippen molar-refractivity contribution in [1.29, 1.82) is 0 Å². The van der Waals surface area contributed by atoms with Crippen LogP contribution >= 0.6 is 0 Å². The summed E-state index contributed by atoms with van der Waals surface area (Å²) in [6.07, 6.45) is 15.0. The molecule has 1 saturated heterocycles. The van der Waals surface area contributed by atoms with Gasteiger partial charge in [0.1, 0.15) is 0 Å². The zero-order chi connectivity index (χ0) is 24.8. The lowest BCUT2D eigenvalue weighted by Gasteiger charge is -2.31. The van der Waals surface area contributed by atoms with Crippen molar-refractivity contribution in [3.05, 3.63) is 108 Å². The van der Waals surface area contributed by atoms with E-state index in [4.69, 9.17) is 5.11 Å². The van der Waals surface area contributed by atoms with Crippen LogP contribution in [-0.2, 0) is 11.3 Å². The average Bonchev–Trinajstić information content (AvgIpc) is 3.11. The summed E-state index contributed by atoms with van der Waals surface area (Å²) in [6, 6.07) is 10.9. The molecule has 5 nitrogen and oxygen atoms in total.